The average molecular weight is 316 g/mol. The van der Waals surface area contributed by atoms with E-state index in [0.29, 0.717) is 29.7 Å². The van der Waals surface area contributed by atoms with Crippen molar-refractivity contribution in [3.8, 4) is 0 Å². The molecule has 5 atom stereocenters. The number of fused-ring (bicyclic) bond motifs is 5. The van der Waals surface area contributed by atoms with Crippen LogP contribution in [0.5, 0.6) is 0 Å². The number of carbonyl (C=O) groups is 1. The second-order valence-electron chi connectivity index (χ2n) is 8.90. The van der Waals surface area contributed by atoms with Crippen LogP contribution in [0.25, 0.3) is 0 Å². The van der Waals surface area contributed by atoms with Crippen LogP contribution in [0.2, 0.25) is 0 Å². The van der Waals surface area contributed by atoms with Crippen LogP contribution in [0.4, 0.5) is 0 Å². The maximum Gasteiger partial charge on any atom is 0.191 e. The number of aliphatic hydroxyl groups is 2. The Bertz CT molecular complexity index is 616. The zero-order valence-corrected chi connectivity index (χ0v) is 14.3. The summed E-state index contributed by atoms with van der Waals surface area (Å²) in [6.07, 6.45) is 8.21. The molecule has 0 spiro atoms. The first-order chi connectivity index (χ1) is 10.7. The fourth-order valence-corrected chi connectivity index (χ4v) is 6.50. The maximum absolute atomic E-state index is 11.8. The van der Waals surface area contributed by atoms with E-state index in [-0.39, 0.29) is 11.2 Å². The van der Waals surface area contributed by atoms with Gasteiger partial charge in [-0.15, -0.1) is 0 Å². The van der Waals surface area contributed by atoms with Crippen LogP contribution in [0, 0.1) is 28.6 Å². The SMILES string of the molecule is C=C1C[C@H]2[C@@H]3CCC4=CC(=O)CC[C@]4(C)[C@@H]3CC[C@]2(C)C1(O)O. The molecule has 4 aliphatic carbocycles. The third-order valence-corrected chi connectivity index (χ3v) is 8.11. The van der Waals surface area contributed by atoms with Gasteiger partial charge in [-0.2, -0.15) is 0 Å². The molecule has 23 heavy (non-hydrogen) atoms. The molecule has 0 aromatic heterocycles. The molecule has 0 aromatic rings. The molecule has 3 nitrogen and oxygen atoms in total. The summed E-state index contributed by atoms with van der Waals surface area (Å²) in [4.78, 5) is 11.8. The molecule has 0 bridgehead atoms. The van der Waals surface area contributed by atoms with Gasteiger partial charge < -0.3 is 10.2 Å². The number of ketones is 1. The van der Waals surface area contributed by atoms with Gasteiger partial charge in [0.2, 0.25) is 0 Å². The van der Waals surface area contributed by atoms with Gasteiger partial charge in [-0.3, -0.25) is 4.79 Å². The Morgan fingerprint density at radius 1 is 1.13 bits per heavy atom. The molecule has 3 saturated carbocycles. The van der Waals surface area contributed by atoms with Gasteiger partial charge in [0.25, 0.3) is 0 Å². The van der Waals surface area contributed by atoms with E-state index in [1.807, 2.05) is 13.0 Å². The summed E-state index contributed by atoms with van der Waals surface area (Å²) in [7, 11) is 0. The molecule has 3 heteroatoms. The molecular weight excluding hydrogens is 288 g/mol. The van der Waals surface area contributed by atoms with E-state index in [4.69, 9.17) is 0 Å². The Kier molecular flexibility index (Phi) is 3.10. The van der Waals surface area contributed by atoms with E-state index in [1.54, 1.807) is 0 Å². The van der Waals surface area contributed by atoms with Crippen LogP contribution >= 0.6 is 0 Å². The van der Waals surface area contributed by atoms with Crippen molar-refractivity contribution in [2.45, 2.75) is 64.6 Å². The summed E-state index contributed by atoms with van der Waals surface area (Å²) in [6, 6.07) is 0. The third-order valence-electron chi connectivity index (χ3n) is 8.11. The summed E-state index contributed by atoms with van der Waals surface area (Å²) >= 11 is 0. The number of carbonyl (C=O) groups excluding carboxylic acids is 1. The Labute approximate surface area is 138 Å². The lowest BCUT2D eigenvalue weighted by atomic mass is 9.47. The standard InChI is InChI=1S/C20H28O3/c1-12-10-17-15-5-4-13-11-14(21)6-8-18(13,2)16(15)7-9-19(17,3)20(12,22)23/h11,15-17,22-23H,1,4-10H2,2-3H3/t15-,16-,17+,18+,19+/m1/s1. The van der Waals surface area contributed by atoms with Crippen molar-refractivity contribution in [3.63, 3.8) is 0 Å². The molecule has 4 rings (SSSR count). The smallest absolute Gasteiger partial charge is 0.191 e. The van der Waals surface area contributed by atoms with Gasteiger partial charge in [-0.25, -0.2) is 0 Å². The largest absolute Gasteiger partial charge is 0.362 e. The van der Waals surface area contributed by atoms with Crippen molar-refractivity contribution in [1.82, 2.24) is 0 Å². The lowest BCUT2D eigenvalue weighted by Gasteiger charge is -2.58. The maximum atomic E-state index is 11.8. The second kappa shape index (κ2) is 4.58. The Morgan fingerprint density at radius 3 is 2.61 bits per heavy atom. The quantitative estimate of drug-likeness (QED) is 0.532. The molecule has 0 heterocycles. The lowest BCUT2D eigenvalue weighted by Crippen LogP contribution is -2.55. The number of hydrogen-bond acceptors (Lipinski definition) is 3. The molecule has 2 N–H and O–H groups in total. The molecule has 0 aromatic carbocycles. The van der Waals surface area contributed by atoms with Crippen LogP contribution < -0.4 is 0 Å². The Hall–Kier alpha value is -0.930. The molecule has 0 aliphatic heterocycles. The fourth-order valence-electron chi connectivity index (χ4n) is 6.50. The van der Waals surface area contributed by atoms with E-state index < -0.39 is 11.2 Å². The number of rotatable bonds is 0. The normalized spacial score (nSPS) is 48.3. The van der Waals surface area contributed by atoms with Crippen molar-refractivity contribution in [2.75, 3.05) is 0 Å². The van der Waals surface area contributed by atoms with E-state index in [9.17, 15) is 15.0 Å². The van der Waals surface area contributed by atoms with Crippen LogP contribution in [-0.2, 0) is 4.79 Å². The molecule has 4 aliphatic rings. The zero-order chi connectivity index (χ0) is 16.6. The van der Waals surface area contributed by atoms with Crippen molar-refractivity contribution < 1.29 is 15.0 Å². The minimum Gasteiger partial charge on any atom is -0.362 e. The van der Waals surface area contributed by atoms with Crippen molar-refractivity contribution in [2.24, 2.45) is 28.6 Å². The van der Waals surface area contributed by atoms with Crippen LogP contribution in [0.1, 0.15) is 58.8 Å². The summed E-state index contributed by atoms with van der Waals surface area (Å²) in [6.45, 7) is 8.36. The van der Waals surface area contributed by atoms with Gasteiger partial charge in [0.1, 0.15) is 0 Å². The van der Waals surface area contributed by atoms with Crippen LogP contribution in [0.15, 0.2) is 23.8 Å². The molecular formula is C20H28O3. The summed E-state index contributed by atoms with van der Waals surface area (Å²) in [5, 5.41) is 21.3. The highest BCUT2D eigenvalue weighted by atomic mass is 16.5. The fraction of sp³-hybridized carbons (Fsp3) is 0.750. The van der Waals surface area contributed by atoms with Gasteiger partial charge >= 0.3 is 0 Å². The predicted molar refractivity (Wildman–Crippen MR) is 88.4 cm³/mol. The lowest BCUT2D eigenvalue weighted by molar-refractivity contribution is -0.228. The Morgan fingerprint density at radius 2 is 1.87 bits per heavy atom. The van der Waals surface area contributed by atoms with Gasteiger partial charge in [-0.05, 0) is 73.3 Å². The average Bonchev–Trinajstić information content (AvgIpc) is 2.67. The van der Waals surface area contributed by atoms with E-state index >= 15 is 0 Å². The first kappa shape index (κ1) is 15.6. The third kappa shape index (κ3) is 1.81. The highest BCUT2D eigenvalue weighted by molar-refractivity contribution is 5.91. The molecule has 3 fully saturated rings. The summed E-state index contributed by atoms with van der Waals surface area (Å²) < 4.78 is 0. The first-order valence-corrected chi connectivity index (χ1v) is 9.07. The molecule has 0 saturated heterocycles. The van der Waals surface area contributed by atoms with Crippen molar-refractivity contribution >= 4 is 5.78 Å². The molecule has 126 valence electrons. The molecule has 0 radical (unpaired) electrons. The minimum absolute atomic E-state index is 0.135. The van der Waals surface area contributed by atoms with Crippen molar-refractivity contribution in [1.29, 1.82) is 0 Å². The monoisotopic (exact) mass is 316 g/mol. The van der Waals surface area contributed by atoms with Gasteiger partial charge in [0.15, 0.2) is 11.6 Å². The number of allylic oxidation sites excluding steroid dienone is 1. The molecule has 0 amide bonds. The van der Waals surface area contributed by atoms with Crippen molar-refractivity contribution in [3.05, 3.63) is 23.8 Å². The summed E-state index contributed by atoms with van der Waals surface area (Å²) in [5.74, 6) is -0.0462. The topological polar surface area (TPSA) is 57.5 Å². The highest BCUT2D eigenvalue weighted by Gasteiger charge is 2.65. The van der Waals surface area contributed by atoms with E-state index in [2.05, 4.69) is 13.5 Å². The van der Waals surface area contributed by atoms with Crippen LogP contribution in [-0.4, -0.2) is 21.8 Å². The van der Waals surface area contributed by atoms with Crippen LogP contribution in [0.3, 0.4) is 0 Å². The molecule has 0 unspecified atom stereocenters. The number of hydrogen-bond donors (Lipinski definition) is 2. The second-order valence-corrected chi connectivity index (χ2v) is 8.90. The minimum atomic E-state index is -1.72. The van der Waals surface area contributed by atoms with Gasteiger partial charge in [-0.1, -0.05) is 26.0 Å². The van der Waals surface area contributed by atoms with Gasteiger partial charge in [0, 0.05) is 11.8 Å². The first-order valence-electron chi connectivity index (χ1n) is 9.07. The zero-order valence-electron chi connectivity index (χ0n) is 14.3. The summed E-state index contributed by atoms with van der Waals surface area (Å²) in [5.41, 5.74) is 1.62. The van der Waals surface area contributed by atoms with Gasteiger partial charge in [0.05, 0.1) is 0 Å². The predicted octanol–water partition coefficient (Wildman–Crippen LogP) is 3.37. The van der Waals surface area contributed by atoms with E-state index in [1.165, 1.54) is 5.57 Å². The van der Waals surface area contributed by atoms with E-state index in [0.717, 1.165) is 38.5 Å². The Balaban J connectivity index is 1.72. The highest BCUT2D eigenvalue weighted by Crippen LogP contribution is 2.67.